The number of benzene rings is 1. The van der Waals surface area contributed by atoms with Gasteiger partial charge in [-0.1, -0.05) is 12.1 Å². The zero-order chi connectivity index (χ0) is 20.2. The van der Waals surface area contributed by atoms with Crippen LogP contribution in [0, 0.1) is 0 Å². The normalized spacial score (nSPS) is 19.9. The van der Waals surface area contributed by atoms with Crippen LogP contribution in [0.25, 0.3) is 0 Å². The fraction of sp³-hybridized carbons (Fsp3) is 0.429. The van der Waals surface area contributed by atoms with Crippen LogP contribution >= 0.6 is 11.3 Å². The van der Waals surface area contributed by atoms with Gasteiger partial charge in [-0.3, -0.25) is 9.69 Å². The van der Waals surface area contributed by atoms with Crippen molar-refractivity contribution in [3.05, 3.63) is 46.2 Å². The third kappa shape index (κ3) is 4.29. The number of hydrogen-bond acceptors (Lipinski definition) is 7. The average molecular weight is 416 g/mol. The summed E-state index contributed by atoms with van der Waals surface area (Å²) in [6.07, 6.45) is 0.671. The first-order valence-corrected chi connectivity index (χ1v) is 10.5. The highest BCUT2D eigenvalue weighted by Gasteiger charge is 2.34. The molecule has 2 aliphatic rings. The summed E-state index contributed by atoms with van der Waals surface area (Å²) < 4.78 is 16.2. The number of rotatable bonds is 6. The maximum absolute atomic E-state index is 13.2. The second-order valence-corrected chi connectivity index (χ2v) is 7.93. The van der Waals surface area contributed by atoms with Crippen molar-refractivity contribution in [2.24, 2.45) is 5.10 Å². The number of nitrogens with zero attached hydrogens (tertiary/aromatic N) is 3. The lowest BCUT2D eigenvalue weighted by molar-refractivity contribution is -0.135. The first-order chi connectivity index (χ1) is 14.2. The van der Waals surface area contributed by atoms with Crippen molar-refractivity contribution in [3.8, 4) is 11.5 Å². The van der Waals surface area contributed by atoms with E-state index in [1.54, 1.807) is 30.6 Å². The largest absolute Gasteiger partial charge is 0.493 e. The van der Waals surface area contributed by atoms with Gasteiger partial charge in [0.05, 0.1) is 50.6 Å². The molecule has 29 heavy (non-hydrogen) atoms. The Labute approximate surface area is 174 Å². The van der Waals surface area contributed by atoms with Gasteiger partial charge < -0.3 is 14.2 Å². The zero-order valence-electron chi connectivity index (χ0n) is 16.7. The summed E-state index contributed by atoms with van der Waals surface area (Å²) in [4.78, 5) is 16.4. The van der Waals surface area contributed by atoms with E-state index in [4.69, 9.17) is 19.3 Å². The van der Waals surface area contributed by atoms with Crippen molar-refractivity contribution in [1.82, 2.24) is 9.91 Å². The number of carbonyl (C=O) groups excluding carboxylic acids is 1. The van der Waals surface area contributed by atoms with Gasteiger partial charge in [-0.15, -0.1) is 11.3 Å². The monoisotopic (exact) mass is 415 g/mol. The first-order valence-electron chi connectivity index (χ1n) is 9.65. The third-order valence-corrected chi connectivity index (χ3v) is 6.15. The molecule has 4 rings (SSSR count). The number of hydrazone groups is 1. The molecular formula is C21H25N3O4S. The maximum Gasteiger partial charge on any atom is 0.257 e. The van der Waals surface area contributed by atoms with Gasteiger partial charge in [0.1, 0.15) is 0 Å². The highest BCUT2D eigenvalue weighted by Crippen LogP contribution is 2.37. The van der Waals surface area contributed by atoms with Crippen molar-refractivity contribution in [2.45, 2.75) is 12.5 Å². The van der Waals surface area contributed by atoms with Crippen LogP contribution < -0.4 is 9.47 Å². The Morgan fingerprint density at radius 2 is 2.00 bits per heavy atom. The highest BCUT2D eigenvalue weighted by molar-refractivity contribution is 7.12. The molecule has 2 aliphatic heterocycles. The van der Waals surface area contributed by atoms with Gasteiger partial charge >= 0.3 is 0 Å². The standard InChI is InChI=1S/C21H25N3O4S/c1-26-18-6-5-15(12-19(18)27-2)17-13-16(20-4-3-11-29-20)22-24(17)21(25)14-23-7-9-28-10-8-23/h3-6,11-12,17H,7-10,13-14H2,1-2H3. The smallest absolute Gasteiger partial charge is 0.257 e. The number of morpholine rings is 1. The van der Waals surface area contributed by atoms with Crippen molar-refractivity contribution in [3.63, 3.8) is 0 Å². The Hall–Kier alpha value is -2.42. The van der Waals surface area contributed by atoms with Crippen LogP contribution in [0.3, 0.4) is 0 Å². The van der Waals surface area contributed by atoms with E-state index in [-0.39, 0.29) is 11.9 Å². The minimum Gasteiger partial charge on any atom is -0.493 e. The summed E-state index contributed by atoms with van der Waals surface area (Å²) >= 11 is 1.64. The van der Waals surface area contributed by atoms with Gasteiger partial charge in [0.25, 0.3) is 5.91 Å². The van der Waals surface area contributed by atoms with Crippen LogP contribution in [0.2, 0.25) is 0 Å². The molecule has 3 heterocycles. The van der Waals surface area contributed by atoms with Crippen LogP contribution in [-0.2, 0) is 9.53 Å². The lowest BCUT2D eigenvalue weighted by Crippen LogP contribution is -2.43. The quantitative estimate of drug-likeness (QED) is 0.726. The van der Waals surface area contributed by atoms with Crippen LogP contribution in [0.5, 0.6) is 11.5 Å². The Balaban J connectivity index is 1.61. The van der Waals surface area contributed by atoms with E-state index < -0.39 is 0 Å². The fourth-order valence-electron chi connectivity index (χ4n) is 3.67. The third-order valence-electron chi connectivity index (χ3n) is 5.23. The van der Waals surface area contributed by atoms with Crippen LogP contribution in [0.4, 0.5) is 0 Å². The second-order valence-electron chi connectivity index (χ2n) is 6.99. The van der Waals surface area contributed by atoms with E-state index in [0.29, 0.717) is 37.7 Å². The molecule has 0 bridgehead atoms. The molecule has 0 spiro atoms. The molecule has 1 amide bonds. The molecule has 1 unspecified atom stereocenters. The van der Waals surface area contributed by atoms with Crippen molar-refractivity contribution < 1.29 is 19.0 Å². The Morgan fingerprint density at radius 1 is 1.21 bits per heavy atom. The number of amides is 1. The van der Waals surface area contributed by atoms with Gasteiger partial charge in [0.15, 0.2) is 11.5 Å². The molecule has 0 aliphatic carbocycles. The molecule has 1 saturated heterocycles. The summed E-state index contributed by atoms with van der Waals surface area (Å²) in [7, 11) is 3.23. The number of thiophene rings is 1. The number of ether oxygens (including phenoxy) is 3. The van der Waals surface area contributed by atoms with Crippen molar-refractivity contribution in [2.75, 3.05) is 47.1 Å². The lowest BCUT2D eigenvalue weighted by Gasteiger charge is -2.29. The maximum atomic E-state index is 13.2. The minimum atomic E-state index is -0.166. The molecule has 0 saturated carbocycles. The van der Waals surface area contributed by atoms with Crippen LogP contribution in [0.1, 0.15) is 22.9 Å². The number of hydrogen-bond donors (Lipinski definition) is 0. The molecule has 0 N–H and O–H groups in total. The summed E-state index contributed by atoms with van der Waals surface area (Å²) in [6, 6.07) is 9.68. The van der Waals surface area contributed by atoms with E-state index in [1.165, 1.54) is 0 Å². The molecule has 1 aromatic heterocycles. The van der Waals surface area contributed by atoms with E-state index >= 15 is 0 Å². The summed E-state index contributed by atoms with van der Waals surface area (Å²) in [5.41, 5.74) is 1.92. The van der Waals surface area contributed by atoms with Gasteiger partial charge in [-0.2, -0.15) is 5.10 Å². The van der Waals surface area contributed by atoms with E-state index in [9.17, 15) is 4.79 Å². The van der Waals surface area contributed by atoms with Gasteiger partial charge in [0, 0.05) is 19.5 Å². The highest BCUT2D eigenvalue weighted by atomic mass is 32.1. The minimum absolute atomic E-state index is 0.00163. The summed E-state index contributed by atoms with van der Waals surface area (Å²) in [6.45, 7) is 3.20. The molecule has 1 fully saturated rings. The second kappa shape index (κ2) is 8.94. The predicted molar refractivity (Wildman–Crippen MR) is 112 cm³/mol. The summed E-state index contributed by atoms with van der Waals surface area (Å²) in [5.74, 6) is 1.31. The van der Waals surface area contributed by atoms with Gasteiger partial charge in [-0.05, 0) is 29.1 Å². The number of carbonyl (C=O) groups is 1. The predicted octanol–water partition coefficient (Wildman–Crippen LogP) is 2.78. The Kier molecular flexibility index (Phi) is 6.13. The van der Waals surface area contributed by atoms with E-state index in [1.807, 2.05) is 35.7 Å². The SMILES string of the molecule is COc1ccc(C2CC(c3cccs3)=NN2C(=O)CN2CCOCC2)cc1OC. The molecule has 0 radical (unpaired) electrons. The van der Waals surface area contributed by atoms with Crippen LogP contribution in [-0.4, -0.2) is 68.6 Å². The Bertz CT molecular complexity index is 878. The van der Waals surface area contributed by atoms with E-state index in [0.717, 1.165) is 29.2 Å². The fourth-order valence-corrected chi connectivity index (χ4v) is 4.40. The van der Waals surface area contributed by atoms with E-state index in [2.05, 4.69) is 4.90 Å². The van der Waals surface area contributed by atoms with Crippen molar-refractivity contribution >= 4 is 23.0 Å². The zero-order valence-corrected chi connectivity index (χ0v) is 17.5. The van der Waals surface area contributed by atoms with Crippen LogP contribution in [0.15, 0.2) is 40.8 Å². The Morgan fingerprint density at radius 3 is 2.69 bits per heavy atom. The molecule has 1 atom stereocenters. The number of methoxy groups -OCH3 is 2. The molecule has 7 nitrogen and oxygen atoms in total. The van der Waals surface area contributed by atoms with Gasteiger partial charge in [0.2, 0.25) is 0 Å². The molecule has 8 heteroatoms. The van der Waals surface area contributed by atoms with Gasteiger partial charge in [-0.25, -0.2) is 5.01 Å². The molecule has 154 valence electrons. The molecule has 1 aromatic carbocycles. The summed E-state index contributed by atoms with van der Waals surface area (Å²) in [5, 5.41) is 8.41. The molecule has 2 aromatic rings. The first kappa shape index (κ1) is 19.9. The topological polar surface area (TPSA) is 63.6 Å². The average Bonchev–Trinajstić information content (AvgIpc) is 3.44. The molecular weight excluding hydrogens is 390 g/mol. The lowest BCUT2D eigenvalue weighted by atomic mass is 10.0. The van der Waals surface area contributed by atoms with Crippen molar-refractivity contribution in [1.29, 1.82) is 0 Å².